The average Bonchev–Trinajstić information content (AvgIpc) is 2.35. The van der Waals surface area contributed by atoms with Gasteiger partial charge in [0, 0.05) is 16.9 Å². The molecule has 1 aliphatic rings. The zero-order chi connectivity index (χ0) is 12.3. The number of hydrogen-bond donors (Lipinski definition) is 1. The van der Waals surface area contributed by atoms with Crippen molar-refractivity contribution in [3.8, 4) is 0 Å². The maximum absolute atomic E-state index is 11.8. The molecule has 0 aliphatic carbocycles. The summed E-state index contributed by atoms with van der Waals surface area (Å²) in [5, 5.41) is 8.55. The molecule has 0 unspecified atom stereocenters. The van der Waals surface area contributed by atoms with E-state index in [0.717, 1.165) is 18.6 Å². The van der Waals surface area contributed by atoms with Crippen LogP contribution in [0.4, 0.5) is 0 Å². The van der Waals surface area contributed by atoms with Gasteiger partial charge in [-0.1, -0.05) is 6.07 Å². The molecular formula is C13H14O3S. The Balaban J connectivity index is 2.11. The minimum absolute atomic E-state index is 0.0780. The summed E-state index contributed by atoms with van der Waals surface area (Å²) in [5.41, 5.74) is 1.87. The molecule has 90 valence electrons. The Morgan fingerprint density at radius 2 is 2.12 bits per heavy atom. The maximum atomic E-state index is 11.8. The van der Waals surface area contributed by atoms with Crippen molar-refractivity contribution in [1.29, 1.82) is 0 Å². The molecule has 0 atom stereocenters. The van der Waals surface area contributed by atoms with E-state index in [-0.39, 0.29) is 18.6 Å². The minimum atomic E-state index is -0.924. The van der Waals surface area contributed by atoms with Crippen molar-refractivity contribution in [2.45, 2.75) is 30.6 Å². The molecule has 0 bridgehead atoms. The third kappa shape index (κ3) is 3.09. The van der Waals surface area contributed by atoms with Crippen molar-refractivity contribution in [2.24, 2.45) is 0 Å². The molecule has 0 radical (unpaired) electrons. The zero-order valence-electron chi connectivity index (χ0n) is 9.44. The van der Waals surface area contributed by atoms with E-state index >= 15 is 0 Å². The number of hydrogen-bond acceptors (Lipinski definition) is 3. The monoisotopic (exact) mass is 250 g/mol. The normalized spacial score (nSPS) is 14.1. The van der Waals surface area contributed by atoms with Crippen LogP contribution in [0.1, 0.15) is 35.2 Å². The SMILES string of the molecule is O=C(O)CCC(=O)c1ccc2c(c1)CCCS2. The first-order valence-electron chi connectivity index (χ1n) is 5.67. The van der Waals surface area contributed by atoms with Crippen LogP contribution in [-0.2, 0) is 11.2 Å². The predicted molar refractivity (Wildman–Crippen MR) is 66.7 cm³/mol. The Hall–Kier alpha value is -1.29. The zero-order valence-corrected chi connectivity index (χ0v) is 10.3. The van der Waals surface area contributed by atoms with Gasteiger partial charge >= 0.3 is 5.97 Å². The Morgan fingerprint density at radius 3 is 2.88 bits per heavy atom. The minimum Gasteiger partial charge on any atom is -0.481 e. The van der Waals surface area contributed by atoms with Crippen LogP contribution in [0.25, 0.3) is 0 Å². The van der Waals surface area contributed by atoms with E-state index in [2.05, 4.69) is 0 Å². The van der Waals surface area contributed by atoms with Gasteiger partial charge in [-0.3, -0.25) is 9.59 Å². The first-order valence-corrected chi connectivity index (χ1v) is 6.66. The van der Waals surface area contributed by atoms with Crippen LogP contribution in [-0.4, -0.2) is 22.6 Å². The molecule has 3 nitrogen and oxygen atoms in total. The number of carbonyl (C=O) groups is 2. The molecule has 0 saturated heterocycles. The number of benzene rings is 1. The summed E-state index contributed by atoms with van der Waals surface area (Å²) in [6.07, 6.45) is 2.15. The fourth-order valence-corrected chi connectivity index (χ4v) is 2.92. The van der Waals surface area contributed by atoms with Gasteiger partial charge < -0.3 is 5.11 Å². The molecular weight excluding hydrogens is 236 g/mol. The molecule has 1 N–H and O–H groups in total. The van der Waals surface area contributed by atoms with Crippen LogP contribution in [0.5, 0.6) is 0 Å². The smallest absolute Gasteiger partial charge is 0.303 e. The maximum Gasteiger partial charge on any atom is 0.303 e. The molecule has 4 heteroatoms. The molecule has 1 heterocycles. The number of carbonyl (C=O) groups excluding carboxylic acids is 1. The van der Waals surface area contributed by atoms with Crippen molar-refractivity contribution >= 4 is 23.5 Å². The molecule has 0 amide bonds. The van der Waals surface area contributed by atoms with E-state index in [1.807, 2.05) is 23.9 Å². The highest BCUT2D eigenvalue weighted by atomic mass is 32.2. The van der Waals surface area contributed by atoms with E-state index in [4.69, 9.17) is 5.11 Å². The second-order valence-corrected chi connectivity index (χ2v) is 5.23. The summed E-state index contributed by atoms with van der Waals surface area (Å²) in [5.74, 6) is 0.136. The molecule has 1 aromatic carbocycles. The lowest BCUT2D eigenvalue weighted by Gasteiger charge is -2.15. The number of Topliss-reactive ketones (excluding diaryl/α,β-unsaturated/α-hetero) is 1. The predicted octanol–water partition coefficient (Wildman–Crippen LogP) is 2.77. The van der Waals surface area contributed by atoms with E-state index in [1.165, 1.54) is 10.5 Å². The summed E-state index contributed by atoms with van der Waals surface area (Å²) in [6.45, 7) is 0. The lowest BCUT2D eigenvalue weighted by atomic mass is 10.0. The third-order valence-electron chi connectivity index (χ3n) is 2.80. The molecule has 0 spiro atoms. The Bertz CT molecular complexity index is 454. The van der Waals surface area contributed by atoms with Gasteiger partial charge in [-0.25, -0.2) is 0 Å². The second-order valence-electron chi connectivity index (χ2n) is 4.09. The van der Waals surface area contributed by atoms with Gasteiger partial charge in [-0.2, -0.15) is 0 Å². The van der Waals surface area contributed by atoms with Gasteiger partial charge in [0.25, 0.3) is 0 Å². The lowest BCUT2D eigenvalue weighted by Crippen LogP contribution is -2.06. The van der Waals surface area contributed by atoms with Gasteiger partial charge in [0.15, 0.2) is 5.78 Å². The molecule has 1 aromatic rings. The summed E-state index contributed by atoms with van der Waals surface area (Å²) < 4.78 is 0. The van der Waals surface area contributed by atoms with E-state index in [9.17, 15) is 9.59 Å². The van der Waals surface area contributed by atoms with E-state index in [0.29, 0.717) is 5.56 Å². The summed E-state index contributed by atoms with van der Waals surface area (Å²) >= 11 is 1.82. The number of fused-ring (bicyclic) bond motifs is 1. The number of thioether (sulfide) groups is 1. The van der Waals surface area contributed by atoms with E-state index in [1.54, 1.807) is 6.07 Å². The summed E-state index contributed by atoms with van der Waals surface area (Å²) in [7, 11) is 0. The standard InChI is InChI=1S/C13H14O3S/c14-11(4-6-13(15)16)9-3-5-12-10(8-9)2-1-7-17-12/h3,5,8H,1-2,4,6-7H2,(H,15,16). The lowest BCUT2D eigenvalue weighted by molar-refractivity contribution is -0.136. The van der Waals surface area contributed by atoms with Crippen molar-refractivity contribution in [2.75, 3.05) is 5.75 Å². The largest absolute Gasteiger partial charge is 0.481 e. The van der Waals surface area contributed by atoms with Crippen molar-refractivity contribution in [3.63, 3.8) is 0 Å². The van der Waals surface area contributed by atoms with Crippen LogP contribution in [0.3, 0.4) is 0 Å². The Morgan fingerprint density at radius 1 is 1.29 bits per heavy atom. The number of carboxylic acids is 1. The highest BCUT2D eigenvalue weighted by Gasteiger charge is 2.13. The van der Waals surface area contributed by atoms with Gasteiger partial charge in [-0.15, -0.1) is 11.8 Å². The quantitative estimate of drug-likeness (QED) is 0.835. The topological polar surface area (TPSA) is 54.4 Å². The Kier molecular flexibility index (Phi) is 3.84. The number of aliphatic carboxylic acids is 1. The molecule has 1 aliphatic heterocycles. The highest BCUT2D eigenvalue weighted by molar-refractivity contribution is 7.99. The molecule has 0 aromatic heterocycles. The number of aryl methyl sites for hydroxylation is 1. The third-order valence-corrected chi connectivity index (χ3v) is 4.00. The fraction of sp³-hybridized carbons (Fsp3) is 0.385. The van der Waals surface area contributed by atoms with Crippen LogP contribution in [0.2, 0.25) is 0 Å². The number of carboxylic acid groups (broad SMARTS) is 1. The Labute approximate surface area is 104 Å². The summed E-state index contributed by atoms with van der Waals surface area (Å²) in [6, 6.07) is 5.71. The molecule has 17 heavy (non-hydrogen) atoms. The van der Waals surface area contributed by atoms with E-state index < -0.39 is 5.97 Å². The fourth-order valence-electron chi connectivity index (χ4n) is 1.90. The van der Waals surface area contributed by atoms with Crippen LogP contribution in [0, 0.1) is 0 Å². The van der Waals surface area contributed by atoms with Crippen LogP contribution < -0.4 is 0 Å². The van der Waals surface area contributed by atoms with Crippen molar-refractivity contribution in [1.82, 2.24) is 0 Å². The molecule has 0 saturated carbocycles. The molecule has 2 rings (SSSR count). The van der Waals surface area contributed by atoms with Gasteiger partial charge in [0.2, 0.25) is 0 Å². The molecule has 0 fully saturated rings. The van der Waals surface area contributed by atoms with Crippen LogP contribution >= 0.6 is 11.8 Å². The van der Waals surface area contributed by atoms with Crippen LogP contribution in [0.15, 0.2) is 23.1 Å². The number of rotatable bonds is 4. The number of ketones is 1. The average molecular weight is 250 g/mol. The van der Waals surface area contributed by atoms with Gasteiger partial charge in [-0.05, 0) is 36.3 Å². The van der Waals surface area contributed by atoms with Gasteiger partial charge in [0.05, 0.1) is 6.42 Å². The van der Waals surface area contributed by atoms with Crippen molar-refractivity contribution < 1.29 is 14.7 Å². The second kappa shape index (κ2) is 5.36. The van der Waals surface area contributed by atoms with Gasteiger partial charge in [0.1, 0.15) is 0 Å². The first-order chi connectivity index (χ1) is 8.16. The van der Waals surface area contributed by atoms with Crippen molar-refractivity contribution in [3.05, 3.63) is 29.3 Å². The summed E-state index contributed by atoms with van der Waals surface area (Å²) in [4.78, 5) is 23.4. The first kappa shape index (κ1) is 12.2. The highest BCUT2D eigenvalue weighted by Crippen LogP contribution is 2.30.